The number of nitrogen functional groups attached to an aromatic ring is 2. The number of rotatable bonds is 16. The molecule has 0 saturated heterocycles. The van der Waals surface area contributed by atoms with Gasteiger partial charge < -0.3 is 46.7 Å². The van der Waals surface area contributed by atoms with Crippen LogP contribution in [0.4, 0.5) is 57.7 Å². The number of methoxy groups -OCH3 is 2. The summed E-state index contributed by atoms with van der Waals surface area (Å²) in [4.78, 5) is 93.2. The molecule has 0 fully saturated rings. The summed E-state index contributed by atoms with van der Waals surface area (Å²) in [7, 11) is 6.26. The molecule has 0 bridgehead atoms. The van der Waals surface area contributed by atoms with Crippen molar-refractivity contribution in [1.82, 2.24) is 59.4 Å². The fourth-order valence-electron chi connectivity index (χ4n) is 8.09. The monoisotopic (exact) mass is 1700 g/mol. The second-order valence-electron chi connectivity index (χ2n) is 20.5. The topological polar surface area (TPSA) is 491 Å². The van der Waals surface area contributed by atoms with Gasteiger partial charge in [-0.25, -0.2) is 49.3 Å². The zero-order chi connectivity index (χ0) is 77.5. The van der Waals surface area contributed by atoms with Crippen LogP contribution < -0.4 is 48.1 Å². The number of thiazole rings is 4. The average molecular weight is 1700 g/mol. The van der Waals surface area contributed by atoms with Crippen molar-refractivity contribution >= 4 is 216 Å². The lowest BCUT2D eigenvalue weighted by Gasteiger charge is -2.06. The minimum atomic E-state index is -0.509. The third-order valence-corrected chi connectivity index (χ3v) is 18.3. The molecule has 0 aliphatic heterocycles. The van der Waals surface area contributed by atoms with Gasteiger partial charge in [-0.3, -0.25) is 34.9 Å². The summed E-state index contributed by atoms with van der Waals surface area (Å²) < 4.78 is 18.1. The molecular formula is C65H56BrCl5N24O9S4. The normalized spacial score (nSPS) is 9.94. The fourth-order valence-corrected chi connectivity index (χ4v) is 12.3. The summed E-state index contributed by atoms with van der Waals surface area (Å²) in [5.41, 5.74) is 17.1. The van der Waals surface area contributed by atoms with Crippen molar-refractivity contribution in [2.45, 2.75) is 25.7 Å². The molecule has 0 saturated carbocycles. The van der Waals surface area contributed by atoms with Crippen molar-refractivity contribution in [2.24, 2.45) is 14.1 Å². The van der Waals surface area contributed by atoms with Crippen LogP contribution >= 0.6 is 120 Å². The molecule has 108 heavy (non-hydrogen) atoms. The van der Waals surface area contributed by atoms with Gasteiger partial charge in [-0.1, -0.05) is 58.0 Å². The van der Waals surface area contributed by atoms with E-state index < -0.39 is 18.1 Å². The number of nitrogens with zero attached hydrogens (tertiary/aromatic N) is 16. The quantitative estimate of drug-likeness (QED) is 0.0246. The van der Waals surface area contributed by atoms with Gasteiger partial charge in [-0.15, -0.1) is 62.3 Å². The molecule has 11 N–H and O–H groups in total. The highest BCUT2D eigenvalue weighted by molar-refractivity contribution is 8.93. The Kier molecular flexibility index (Phi) is 34.2. The summed E-state index contributed by atoms with van der Waals surface area (Å²) in [6, 6.07) is 25.0. The zero-order valence-corrected chi connectivity index (χ0v) is 65.0. The minimum Gasteiger partial charge on any atom is -0.476 e. The summed E-state index contributed by atoms with van der Waals surface area (Å²) >= 11 is 34.3. The van der Waals surface area contributed by atoms with Crippen LogP contribution in [-0.4, -0.2) is 122 Å². The Morgan fingerprint density at radius 2 is 0.880 bits per heavy atom. The van der Waals surface area contributed by atoms with Crippen LogP contribution in [0.5, 0.6) is 5.88 Å². The van der Waals surface area contributed by atoms with Crippen LogP contribution in [0, 0.1) is 45.3 Å². The molecule has 0 unspecified atom stereocenters. The Bertz CT molecular complexity index is 5300. The number of esters is 2. The predicted octanol–water partition coefficient (Wildman–Crippen LogP) is 13.3. The third-order valence-electron chi connectivity index (χ3n) is 13.1. The van der Waals surface area contributed by atoms with E-state index in [-0.39, 0.29) is 63.4 Å². The number of nitrogens with one attached hydrogen (secondary N) is 6. The Morgan fingerprint density at radius 1 is 0.491 bits per heavy atom. The van der Waals surface area contributed by atoms with E-state index in [1.54, 1.807) is 90.8 Å². The largest absolute Gasteiger partial charge is 0.476 e. The number of fused-ring (bicyclic) bond motifs is 2. The molecule has 4 aromatic carbocycles. The highest BCUT2D eigenvalue weighted by Gasteiger charge is 2.16. The second kappa shape index (κ2) is 43.2. The van der Waals surface area contributed by atoms with E-state index >= 15 is 0 Å². The number of benzene rings is 4. The van der Waals surface area contributed by atoms with Crippen molar-refractivity contribution in [3.8, 4) is 30.2 Å². The van der Waals surface area contributed by atoms with Crippen LogP contribution in [0.25, 0.3) is 22.1 Å². The van der Waals surface area contributed by atoms with Gasteiger partial charge in [-0.05, 0) is 72.8 Å². The van der Waals surface area contributed by atoms with Crippen LogP contribution in [0.15, 0.2) is 123 Å². The molecular weight excluding hydrogens is 1650 g/mol. The number of amides is 6. The molecule has 12 rings (SSSR count). The fraction of sp³-hybridized carbons (Fsp3) is 0.154. The average Bonchev–Trinajstić information content (AvgIpc) is 1.67. The molecule has 12 aromatic rings. The van der Waals surface area contributed by atoms with Crippen molar-refractivity contribution in [3.05, 3.63) is 190 Å². The molecule has 6 amide bonds. The summed E-state index contributed by atoms with van der Waals surface area (Å²) in [6.07, 6.45) is 14.0. The predicted molar refractivity (Wildman–Crippen MR) is 419 cm³/mol. The number of carbonyl (C=O) groups is 5. The van der Waals surface area contributed by atoms with E-state index in [4.69, 9.17) is 100 Å². The van der Waals surface area contributed by atoms with E-state index in [0.717, 1.165) is 31.2 Å². The zero-order valence-electron chi connectivity index (χ0n) is 56.2. The summed E-state index contributed by atoms with van der Waals surface area (Å²) in [5, 5.41) is 70.8. The first-order chi connectivity index (χ1) is 51.4. The molecule has 0 radical (unpaired) electrons. The van der Waals surface area contributed by atoms with Crippen molar-refractivity contribution in [3.63, 3.8) is 0 Å². The number of nitrogens with two attached hydrogens (primary N) is 2. The lowest BCUT2D eigenvalue weighted by atomic mass is 10.2. The molecule has 0 spiro atoms. The standard InChI is InChI=1S/C19H15ClN8O2S.C14H11ClN4O3S.C13H11ClN4O2S.C7H5ClN2.C6H5ClN4.C6H8N2O2S.BrH/c1-28-16-15(9-25-28)23-10-24-17(16)30-5-4-13-8-22-19(31-13)27-18(29)26-12-3-2-11(7-21)14(20)6-12;1-22-12(20)5-10-7-17-14(23-10)19-13(21)18-9-3-2-8(6-16)11(15)4-9;14-11-5-9(2-1-8(11)6-15)17-12(20)18-13-16-7-10(21-13)3-4-19;8-7-3-6(10)2-1-5(7)4-9;1-11-5-4(2-10-11)8-3-9-6(5)7;1-10-5(9)2-4-3-8-6(7)11-4;/h2-3,6,8-10H,4-5H2,1H3,(H2,22,26,27,29);2-4,7H,5H2,1H3,(H2,17,18,19,21);1-2,5,7,19H,3-4H2,(H2,16,17,18,20);1-3H,10H2;2-3H,1H3;3H,2H2,1H3,(H2,7,8);1H. The van der Waals surface area contributed by atoms with E-state index in [1.165, 1.54) is 115 Å². The number of ether oxygens (including phenoxy) is 3. The van der Waals surface area contributed by atoms with Gasteiger partial charge in [0.2, 0.25) is 5.88 Å². The Balaban J connectivity index is 0.000000212. The van der Waals surface area contributed by atoms with Crippen molar-refractivity contribution < 1.29 is 43.3 Å². The number of aliphatic hydroxyl groups is 1. The van der Waals surface area contributed by atoms with Gasteiger partial charge in [0.15, 0.2) is 25.7 Å². The molecule has 0 aliphatic carbocycles. The van der Waals surface area contributed by atoms with E-state index in [2.05, 4.69) is 91.4 Å². The number of hydrogen-bond donors (Lipinski definition) is 9. The molecule has 0 atom stereocenters. The maximum Gasteiger partial charge on any atom is 0.325 e. The maximum atomic E-state index is 12.2. The molecule has 0 aliphatic rings. The minimum absolute atomic E-state index is 0. The highest BCUT2D eigenvalue weighted by Crippen LogP contribution is 2.28. The number of hydrogen-bond acceptors (Lipinski definition) is 29. The van der Waals surface area contributed by atoms with Crippen LogP contribution in [0.3, 0.4) is 0 Å². The van der Waals surface area contributed by atoms with Crippen molar-refractivity contribution in [1.29, 1.82) is 21.0 Å². The first kappa shape index (κ1) is 85.4. The van der Waals surface area contributed by atoms with Gasteiger partial charge in [0, 0.05) is 101 Å². The number of anilines is 8. The maximum absolute atomic E-state index is 12.2. The Morgan fingerprint density at radius 3 is 1.29 bits per heavy atom. The molecule has 556 valence electrons. The number of carbonyl (C=O) groups excluding carboxylic acids is 5. The van der Waals surface area contributed by atoms with Crippen molar-refractivity contribution in [2.75, 3.05) is 70.8 Å². The third kappa shape index (κ3) is 26.8. The lowest BCUT2D eigenvalue weighted by molar-refractivity contribution is -0.140. The summed E-state index contributed by atoms with van der Waals surface area (Å²) in [6.45, 7) is 0.423. The molecule has 8 aromatic heterocycles. The number of halogens is 6. The Hall–Kier alpha value is -11.5. The highest BCUT2D eigenvalue weighted by atomic mass is 79.9. The van der Waals surface area contributed by atoms with E-state index in [1.807, 2.05) is 24.3 Å². The number of urea groups is 3. The van der Waals surface area contributed by atoms with Crippen LogP contribution in [0.1, 0.15) is 41.8 Å². The summed E-state index contributed by atoms with van der Waals surface area (Å²) in [5.74, 6) is -0.182. The molecule has 43 heteroatoms. The molecule has 8 heterocycles. The number of nitriles is 4. The Labute approximate surface area is 664 Å². The molecule has 33 nitrogen and oxygen atoms in total. The van der Waals surface area contributed by atoms with E-state index in [0.29, 0.717) is 111 Å². The van der Waals surface area contributed by atoms with Gasteiger partial charge in [0.1, 0.15) is 59.0 Å². The number of aryl methyl sites for hydroxylation is 2. The van der Waals surface area contributed by atoms with Gasteiger partial charge in [0.05, 0.1) is 88.4 Å². The van der Waals surface area contributed by atoms with Gasteiger partial charge in [0.25, 0.3) is 0 Å². The smallest absolute Gasteiger partial charge is 0.325 e. The first-order valence-electron chi connectivity index (χ1n) is 30.0. The second-order valence-corrected chi connectivity index (χ2v) is 27.0. The first-order valence-corrected chi connectivity index (χ1v) is 35.2. The lowest BCUT2D eigenvalue weighted by Crippen LogP contribution is -2.19. The van der Waals surface area contributed by atoms with Crippen LogP contribution in [0.2, 0.25) is 25.2 Å². The SMILES string of the molecule is Br.COC(=O)Cc1cnc(N)s1.COC(=O)Cc1cnc(NC(=O)Nc2ccc(C#N)c(Cl)c2)s1.Cn1ncc2ncnc(Cl)c21.Cn1ncc2ncnc(OCCc3cnc(NC(=O)Nc4ccc(C#N)c(Cl)c4)s3)c21.N#Cc1ccc(N)cc1Cl.N#Cc1ccc(NC(=O)Nc2ncc(CCO)s2)cc1Cl. The number of aliphatic hydroxyl groups excluding tert-OH is 1. The van der Waals surface area contributed by atoms with Gasteiger partial charge >= 0.3 is 30.0 Å². The van der Waals surface area contributed by atoms with Crippen LogP contribution in [-0.2, 0) is 58.8 Å². The number of aromatic nitrogens is 12. The van der Waals surface area contributed by atoms with Gasteiger partial charge in [-0.2, -0.15) is 36.2 Å². The van der Waals surface area contributed by atoms with E-state index in [9.17, 15) is 24.0 Å².